The van der Waals surface area contributed by atoms with Gasteiger partial charge in [-0.2, -0.15) is 5.26 Å². The molecule has 5 nitrogen and oxygen atoms in total. The summed E-state index contributed by atoms with van der Waals surface area (Å²) in [4.78, 5) is 0. The Morgan fingerprint density at radius 2 is 1.93 bits per heavy atom. The lowest BCUT2D eigenvalue weighted by molar-refractivity contribution is 0.600. The van der Waals surface area contributed by atoms with Crippen molar-refractivity contribution in [2.24, 2.45) is 0 Å². The third-order valence-electron chi connectivity index (χ3n) is 4.85. The molecule has 2 aromatic carbocycles. The van der Waals surface area contributed by atoms with Crippen LogP contribution in [0.4, 0.5) is 5.69 Å². The molecular weight excluding hydrogens is 382 g/mol. The fourth-order valence-electron chi connectivity index (χ4n) is 3.42. The molecule has 1 saturated carbocycles. The number of nitriles is 1. The van der Waals surface area contributed by atoms with Gasteiger partial charge in [0.1, 0.15) is 6.07 Å². The Morgan fingerprint density at radius 3 is 2.52 bits per heavy atom. The maximum atomic E-state index is 12.1. The van der Waals surface area contributed by atoms with Crippen molar-refractivity contribution >= 4 is 38.2 Å². The monoisotopic (exact) mass is 399 g/mol. The number of rotatable bonds is 5. The molecule has 1 aromatic heterocycles. The van der Waals surface area contributed by atoms with Crippen LogP contribution in [-0.2, 0) is 16.6 Å². The predicted octanol–water partition coefficient (Wildman–Crippen LogP) is 4.76. The second-order valence-electron chi connectivity index (χ2n) is 6.64. The van der Waals surface area contributed by atoms with Crippen LogP contribution in [-0.4, -0.2) is 18.2 Å². The van der Waals surface area contributed by atoms with Gasteiger partial charge in [0.05, 0.1) is 27.0 Å². The second-order valence-corrected chi connectivity index (χ2v) is 9.01. The van der Waals surface area contributed by atoms with E-state index in [1.807, 2.05) is 31.2 Å². The first-order valence-electron chi connectivity index (χ1n) is 8.79. The summed E-state index contributed by atoms with van der Waals surface area (Å²) in [6.45, 7) is 2.70. The van der Waals surface area contributed by atoms with Crippen molar-refractivity contribution in [2.75, 3.05) is 4.72 Å². The summed E-state index contributed by atoms with van der Waals surface area (Å²) in [6, 6.07) is 15.0. The second kappa shape index (κ2) is 6.59. The Hall–Kier alpha value is -2.49. The lowest BCUT2D eigenvalue weighted by Crippen LogP contribution is -2.17. The van der Waals surface area contributed by atoms with E-state index in [-0.39, 0.29) is 5.25 Å². The van der Waals surface area contributed by atoms with E-state index in [2.05, 4.69) is 15.4 Å². The molecule has 0 atom stereocenters. The molecule has 138 valence electrons. The minimum absolute atomic E-state index is 0.271. The number of sulfonamides is 1. The van der Waals surface area contributed by atoms with Gasteiger partial charge in [0, 0.05) is 17.6 Å². The Morgan fingerprint density at radius 1 is 1.22 bits per heavy atom. The fourth-order valence-corrected chi connectivity index (χ4v) is 5.07. The zero-order valence-corrected chi connectivity index (χ0v) is 16.3. The normalized spacial score (nSPS) is 14.3. The molecule has 0 amide bonds. The smallest absolute Gasteiger partial charge is 0.235 e. The summed E-state index contributed by atoms with van der Waals surface area (Å²) in [5.41, 5.74) is 3.61. The van der Waals surface area contributed by atoms with Gasteiger partial charge < -0.3 is 4.57 Å². The molecule has 7 heteroatoms. The van der Waals surface area contributed by atoms with Crippen LogP contribution in [0.2, 0.25) is 5.02 Å². The van der Waals surface area contributed by atoms with E-state index in [4.69, 9.17) is 11.6 Å². The van der Waals surface area contributed by atoms with Crippen molar-refractivity contribution in [1.29, 1.82) is 5.26 Å². The maximum absolute atomic E-state index is 12.1. The van der Waals surface area contributed by atoms with Crippen LogP contribution in [0.25, 0.3) is 22.2 Å². The highest BCUT2D eigenvalue weighted by Gasteiger charge is 2.35. The first kappa shape index (κ1) is 17.9. The van der Waals surface area contributed by atoms with Gasteiger partial charge in [0.15, 0.2) is 0 Å². The number of benzene rings is 2. The van der Waals surface area contributed by atoms with E-state index in [9.17, 15) is 13.7 Å². The topological polar surface area (TPSA) is 74.9 Å². The average molecular weight is 400 g/mol. The van der Waals surface area contributed by atoms with E-state index < -0.39 is 10.0 Å². The number of hydrogen-bond donors (Lipinski definition) is 1. The highest BCUT2D eigenvalue weighted by atomic mass is 35.5. The van der Waals surface area contributed by atoms with Gasteiger partial charge in [-0.15, -0.1) is 0 Å². The maximum Gasteiger partial charge on any atom is 0.235 e. The molecule has 1 aliphatic carbocycles. The van der Waals surface area contributed by atoms with Crippen LogP contribution in [0.15, 0.2) is 42.5 Å². The number of fused-ring (bicyclic) bond motifs is 1. The molecule has 1 fully saturated rings. The molecule has 1 aliphatic rings. The highest BCUT2D eigenvalue weighted by molar-refractivity contribution is 7.93. The first-order chi connectivity index (χ1) is 13.0. The quantitative estimate of drug-likeness (QED) is 0.672. The SMILES string of the molecule is CCn1c(-c2ccc(NS(=O)(=O)C3CC3)cc2)c(C#N)c2c(Cl)cccc21. The van der Waals surface area contributed by atoms with Gasteiger partial charge >= 0.3 is 0 Å². The molecule has 4 rings (SSSR count). The number of aryl methyl sites for hydroxylation is 1. The molecule has 0 unspecified atom stereocenters. The van der Waals surface area contributed by atoms with Crippen LogP contribution in [0, 0.1) is 11.3 Å². The van der Waals surface area contributed by atoms with Gasteiger partial charge in [0.25, 0.3) is 0 Å². The summed E-state index contributed by atoms with van der Waals surface area (Å²) in [6.07, 6.45) is 1.44. The van der Waals surface area contributed by atoms with E-state index in [1.165, 1.54) is 0 Å². The third kappa shape index (κ3) is 3.07. The summed E-state index contributed by atoms with van der Waals surface area (Å²) < 4.78 is 28.9. The molecule has 0 saturated heterocycles. The predicted molar refractivity (Wildman–Crippen MR) is 108 cm³/mol. The standard InChI is InChI=1S/C20H18ClN3O2S/c1-2-24-18-5-3-4-17(21)19(18)16(12-22)20(24)13-6-8-14(9-7-13)23-27(25,26)15-10-11-15/h3-9,15,23H,2,10-11H2,1H3. The zero-order valence-electron chi connectivity index (χ0n) is 14.7. The van der Waals surface area contributed by atoms with Crippen molar-refractivity contribution in [3.8, 4) is 17.3 Å². The third-order valence-corrected chi connectivity index (χ3v) is 7.03. The Bertz CT molecular complexity index is 1170. The highest BCUT2D eigenvalue weighted by Crippen LogP contribution is 2.37. The van der Waals surface area contributed by atoms with Gasteiger partial charge in [0.2, 0.25) is 10.0 Å². The molecule has 1 heterocycles. The number of nitrogens with one attached hydrogen (secondary N) is 1. The van der Waals surface area contributed by atoms with Crippen molar-refractivity contribution in [3.63, 3.8) is 0 Å². The van der Waals surface area contributed by atoms with Crippen LogP contribution in [0.3, 0.4) is 0 Å². The van der Waals surface area contributed by atoms with Crippen LogP contribution in [0.1, 0.15) is 25.3 Å². The van der Waals surface area contributed by atoms with Gasteiger partial charge in [-0.1, -0.05) is 29.8 Å². The molecule has 3 aromatic rings. The molecular formula is C20H18ClN3O2S. The van der Waals surface area contributed by atoms with Crippen molar-refractivity contribution in [2.45, 2.75) is 31.6 Å². The first-order valence-corrected chi connectivity index (χ1v) is 10.7. The number of aromatic nitrogens is 1. The van der Waals surface area contributed by atoms with Gasteiger partial charge in [-0.05, 0) is 49.6 Å². The molecule has 0 spiro atoms. The minimum Gasteiger partial charge on any atom is -0.340 e. The van der Waals surface area contributed by atoms with Crippen LogP contribution < -0.4 is 4.72 Å². The summed E-state index contributed by atoms with van der Waals surface area (Å²) in [5, 5.41) is 10.8. The Balaban J connectivity index is 1.80. The molecule has 27 heavy (non-hydrogen) atoms. The fraction of sp³-hybridized carbons (Fsp3) is 0.250. The van der Waals surface area contributed by atoms with Crippen LogP contribution in [0.5, 0.6) is 0 Å². The van der Waals surface area contributed by atoms with Gasteiger partial charge in [-0.25, -0.2) is 8.42 Å². The van der Waals surface area contributed by atoms with E-state index in [0.717, 1.165) is 35.0 Å². The lowest BCUT2D eigenvalue weighted by Gasteiger charge is -2.11. The van der Waals surface area contributed by atoms with Crippen molar-refractivity contribution < 1.29 is 8.42 Å². The minimum atomic E-state index is -3.29. The van der Waals surface area contributed by atoms with E-state index in [1.54, 1.807) is 18.2 Å². The van der Waals surface area contributed by atoms with Crippen molar-refractivity contribution in [3.05, 3.63) is 53.1 Å². The number of anilines is 1. The Kier molecular flexibility index (Phi) is 4.37. The van der Waals surface area contributed by atoms with E-state index in [0.29, 0.717) is 22.8 Å². The molecule has 0 aliphatic heterocycles. The lowest BCUT2D eigenvalue weighted by atomic mass is 10.1. The number of nitrogens with zero attached hydrogens (tertiary/aromatic N) is 2. The van der Waals surface area contributed by atoms with Gasteiger partial charge in [-0.3, -0.25) is 4.72 Å². The Labute approximate surface area is 163 Å². The summed E-state index contributed by atoms with van der Waals surface area (Å²) in [7, 11) is -3.29. The zero-order chi connectivity index (χ0) is 19.2. The summed E-state index contributed by atoms with van der Waals surface area (Å²) >= 11 is 6.36. The van der Waals surface area contributed by atoms with E-state index >= 15 is 0 Å². The average Bonchev–Trinajstić information content (AvgIpc) is 3.45. The number of hydrogen-bond acceptors (Lipinski definition) is 3. The largest absolute Gasteiger partial charge is 0.340 e. The van der Waals surface area contributed by atoms with Crippen LogP contribution >= 0.6 is 11.6 Å². The number of halogens is 1. The molecule has 0 bridgehead atoms. The summed E-state index contributed by atoms with van der Waals surface area (Å²) in [5.74, 6) is 0. The molecule has 0 radical (unpaired) electrons. The molecule has 1 N–H and O–H groups in total. The van der Waals surface area contributed by atoms with Crippen molar-refractivity contribution in [1.82, 2.24) is 4.57 Å².